The Morgan fingerprint density at radius 2 is 1.65 bits per heavy atom. The average Bonchev–Trinajstić information content (AvgIpc) is 3.35. The fourth-order valence-electron chi connectivity index (χ4n) is 4.11. The number of carbonyl (C=O) groups is 4. The van der Waals surface area contributed by atoms with Crippen molar-refractivity contribution < 1.29 is 28.7 Å². The monoisotopic (exact) mass is 613 g/mol. The van der Waals surface area contributed by atoms with E-state index in [1.165, 1.54) is 16.6 Å². The number of anilines is 2. The number of hydrogen-bond donors (Lipinski definition) is 2. The summed E-state index contributed by atoms with van der Waals surface area (Å²) in [6.07, 6.45) is -0.484. The summed E-state index contributed by atoms with van der Waals surface area (Å²) in [6, 6.07) is 6.07. The van der Waals surface area contributed by atoms with Crippen molar-refractivity contribution in [2.75, 3.05) is 42.9 Å². The number of hydrogen-bond acceptors (Lipinski definition) is 11. The number of amides is 3. The smallest absolute Gasteiger partial charge is 0.410 e. The number of alkyl carbamates (subject to hydrolysis) is 1. The molecule has 230 valence electrons. The van der Waals surface area contributed by atoms with Crippen LogP contribution in [0.2, 0.25) is 0 Å². The molecular weight excluding hydrogens is 578 g/mol. The number of nitrogens with zero attached hydrogens (tertiary/aromatic N) is 5. The van der Waals surface area contributed by atoms with Crippen LogP contribution in [0.25, 0.3) is 15.5 Å². The summed E-state index contributed by atoms with van der Waals surface area (Å²) in [5.41, 5.74) is -0.613. The second-order valence-corrected chi connectivity index (χ2v) is 12.8. The van der Waals surface area contributed by atoms with Crippen LogP contribution in [-0.2, 0) is 14.3 Å². The summed E-state index contributed by atoms with van der Waals surface area (Å²) < 4.78 is 11.8. The van der Waals surface area contributed by atoms with Gasteiger partial charge in [0.15, 0.2) is 0 Å². The zero-order valence-corrected chi connectivity index (χ0v) is 25.7. The number of nitrogens with one attached hydrogen (secondary N) is 2. The van der Waals surface area contributed by atoms with E-state index < -0.39 is 23.2 Å². The van der Waals surface area contributed by atoms with Crippen molar-refractivity contribution in [3.63, 3.8) is 0 Å². The predicted octanol–water partition coefficient (Wildman–Crippen LogP) is 3.15. The quantitative estimate of drug-likeness (QED) is 0.395. The minimum atomic E-state index is -0.735. The molecule has 0 bridgehead atoms. The molecule has 15 heteroatoms. The molecule has 1 aromatic carbocycles. The van der Waals surface area contributed by atoms with E-state index in [0.29, 0.717) is 59.5 Å². The Kier molecular flexibility index (Phi) is 9.04. The van der Waals surface area contributed by atoms with Crippen molar-refractivity contribution in [3.8, 4) is 10.6 Å². The number of piperazine rings is 1. The molecule has 0 saturated carbocycles. The standard InChI is InChI=1S/C28H35N7O7S/c1-27(2,3)41-25(39)29-15-21(37)30-19-12-17(16-36)11-18(13-19)23-32-35-22(38)14-20(31-24(35)43-23)33-7-9-34(10-8-33)26(40)42-28(4,5)6/h11-14,16H,7-10,15H2,1-6H3,(H,29,39)(H,30,37). The van der Waals surface area contributed by atoms with Crippen molar-refractivity contribution >= 4 is 52.2 Å². The number of carbonyl (C=O) groups excluding carboxylic acids is 4. The fraction of sp³-hybridized carbons (Fsp3) is 0.464. The molecular formula is C28H35N7O7S. The SMILES string of the molecule is CC(C)(C)OC(=O)NCC(=O)Nc1cc(C=O)cc(-c2nn3c(=O)cc(N4CCN(C(=O)OC(C)(C)C)CC4)nc3s2)c1. The summed E-state index contributed by atoms with van der Waals surface area (Å²) in [6.45, 7) is 12.0. The van der Waals surface area contributed by atoms with Crippen LogP contribution in [-0.4, -0.2) is 87.8 Å². The molecule has 2 aromatic heterocycles. The van der Waals surface area contributed by atoms with E-state index in [2.05, 4.69) is 20.7 Å². The number of rotatable bonds is 6. The van der Waals surface area contributed by atoms with Gasteiger partial charge in [-0.3, -0.25) is 14.4 Å². The van der Waals surface area contributed by atoms with Crippen molar-refractivity contribution in [1.29, 1.82) is 0 Å². The molecule has 0 atom stereocenters. The Balaban J connectivity index is 1.49. The van der Waals surface area contributed by atoms with E-state index in [1.54, 1.807) is 37.8 Å². The van der Waals surface area contributed by atoms with Crippen LogP contribution in [0.3, 0.4) is 0 Å². The predicted molar refractivity (Wildman–Crippen MR) is 161 cm³/mol. The lowest BCUT2D eigenvalue weighted by atomic mass is 10.1. The molecule has 2 N–H and O–H groups in total. The van der Waals surface area contributed by atoms with Crippen LogP contribution in [0.15, 0.2) is 29.1 Å². The molecule has 0 unspecified atom stereocenters. The van der Waals surface area contributed by atoms with Crippen molar-refractivity contribution in [2.24, 2.45) is 0 Å². The van der Waals surface area contributed by atoms with Crippen molar-refractivity contribution in [2.45, 2.75) is 52.7 Å². The highest BCUT2D eigenvalue weighted by Crippen LogP contribution is 2.29. The van der Waals surface area contributed by atoms with E-state index in [9.17, 15) is 24.0 Å². The third kappa shape index (κ3) is 8.50. The third-order valence-electron chi connectivity index (χ3n) is 5.90. The minimum absolute atomic E-state index is 0.274. The number of benzene rings is 1. The summed E-state index contributed by atoms with van der Waals surface area (Å²) in [5, 5.41) is 9.83. The van der Waals surface area contributed by atoms with Gasteiger partial charge in [0.05, 0.1) is 0 Å². The molecule has 1 saturated heterocycles. The van der Waals surface area contributed by atoms with Gasteiger partial charge in [0.25, 0.3) is 5.56 Å². The molecule has 0 spiro atoms. The van der Waals surface area contributed by atoms with Gasteiger partial charge in [0.2, 0.25) is 10.9 Å². The highest BCUT2D eigenvalue weighted by atomic mass is 32.1. The summed E-state index contributed by atoms with van der Waals surface area (Å²) in [5.74, 6) is -0.0606. The Hall–Kier alpha value is -4.53. The van der Waals surface area contributed by atoms with Gasteiger partial charge in [-0.1, -0.05) is 11.3 Å². The summed E-state index contributed by atoms with van der Waals surface area (Å²) in [4.78, 5) is 69.8. The molecule has 3 heterocycles. The molecule has 14 nitrogen and oxygen atoms in total. The summed E-state index contributed by atoms with van der Waals surface area (Å²) >= 11 is 1.15. The lowest BCUT2D eigenvalue weighted by Crippen LogP contribution is -2.50. The second-order valence-electron chi connectivity index (χ2n) is 11.9. The van der Waals surface area contributed by atoms with Crippen LogP contribution in [0, 0.1) is 0 Å². The first-order chi connectivity index (χ1) is 20.1. The van der Waals surface area contributed by atoms with E-state index >= 15 is 0 Å². The first-order valence-electron chi connectivity index (χ1n) is 13.6. The first kappa shape index (κ1) is 31.4. The lowest BCUT2D eigenvalue weighted by Gasteiger charge is -2.36. The highest BCUT2D eigenvalue weighted by Gasteiger charge is 2.27. The maximum absolute atomic E-state index is 13.0. The van der Waals surface area contributed by atoms with E-state index in [1.807, 2.05) is 25.7 Å². The van der Waals surface area contributed by atoms with Gasteiger partial charge in [-0.15, -0.1) is 0 Å². The van der Waals surface area contributed by atoms with Gasteiger partial charge < -0.3 is 29.9 Å². The van der Waals surface area contributed by atoms with Gasteiger partial charge in [-0.25, -0.2) is 14.6 Å². The number of ether oxygens (including phenoxy) is 2. The molecule has 1 aliphatic heterocycles. The normalized spacial score (nSPS) is 13.9. The van der Waals surface area contributed by atoms with Crippen LogP contribution < -0.4 is 21.1 Å². The van der Waals surface area contributed by atoms with Gasteiger partial charge in [-0.05, 0) is 59.7 Å². The van der Waals surface area contributed by atoms with Crippen LogP contribution in [0.1, 0.15) is 51.9 Å². The topological polar surface area (TPSA) is 165 Å². The lowest BCUT2D eigenvalue weighted by molar-refractivity contribution is -0.115. The Bertz CT molecular complexity index is 1600. The molecule has 3 amide bonds. The van der Waals surface area contributed by atoms with Crippen LogP contribution in [0.4, 0.5) is 21.1 Å². The maximum Gasteiger partial charge on any atom is 0.410 e. The van der Waals surface area contributed by atoms with E-state index in [0.717, 1.165) is 11.3 Å². The number of aldehydes is 1. The van der Waals surface area contributed by atoms with Crippen LogP contribution >= 0.6 is 11.3 Å². The highest BCUT2D eigenvalue weighted by molar-refractivity contribution is 7.19. The van der Waals surface area contributed by atoms with Crippen molar-refractivity contribution in [3.05, 3.63) is 40.2 Å². The molecule has 1 aliphatic rings. The first-order valence-corrected chi connectivity index (χ1v) is 14.4. The van der Waals surface area contributed by atoms with E-state index in [4.69, 9.17) is 9.47 Å². The van der Waals surface area contributed by atoms with Gasteiger partial charge in [-0.2, -0.15) is 9.61 Å². The number of aromatic nitrogens is 3. The van der Waals surface area contributed by atoms with Crippen molar-refractivity contribution in [1.82, 2.24) is 24.8 Å². The van der Waals surface area contributed by atoms with E-state index in [-0.39, 0.29) is 23.8 Å². The van der Waals surface area contributed by atoms with Gasteiger partial charge in [0.1, 0.15) is 34.9 Å². The van der Waals surface area contributed by atoms with Gasteiger partial charge >= 0.3 is 12.2 Å². The molecule has 0 radical (unpaired) electrons. The van der Waals surface area contributed by atoms with Crippen LogP contribution in [0.5, 0.6) is 0 Å². The second kappa shape index (κ2) is 12.4. The molecule has 4 rings (SSSR count). The average molecular weight is 614 g/mol. The Morgan fingerprint density at radius 1 is 0.977 bits per heavy atom. The zero-order valence-electron chi connectivity index (χ0n) is 24.9. The molecule has 0 aliphatic carbocycles. The Labute approximate surface area is 252 Å². The molecule has 1 fully saturated rings. The molecule has 43 heavy (non-hydrogen) atoms. The summed E-state index contributed by atoms with van der Waals surface area (Å²) in [7, 11) is 0. The zero-order chi connectivity index (χ0) is 31.5. The van der Waals surface area contributed by atoms with Gasteiger partial charge in [0, 0.05) is 49.1 Å². The fourth-order valence-corrected chi connectivity index (χ4v) is 5.00. The number of fused-ring (bicyclic) bond motifs is 1. The molecule has 3 aromatic rings. The maximum atomic E-state index is 13.0. The minimum Gasteiger partial charge on any atom is -0.444 e. The largest absolute Gasteiger partial charge is 0.444 e. The Morgan fingerprint density at radius 3 is 2.28 bits per heavy atom. The third-order valence-corrected chi connectivity index (χ3v) is 6.86.